The van der Waals surface area contributed by atoms with Crippen LogP contribution in [-0.2, 0) is 0 Å². The number of halogens is 7. The Morgan fingerprint density at radius 2 is 1.59 bits per heavy atom. The minimum atomic E-state index is -6.03. The molecule has 29 heavy (non-hydrogen) atoms. The molecule has 0 bridgehead atoms. The van der Waals surface area contributed by atoms with Crippen molar-refractivity contribution >= 4 is 11.8 Å². The lowest BCUT2D eigenvalue weighted by molar-refractivity contribution is -0.360. The molecule has 3 N–H and O–H groups in total. The van der Waals surface area contributed by atoms with Gasteiger partial charge in [-0.3, -0.25) is 0 Å². The number of hydrogen-bond donors (Lipinski definition) is 2. The number of nitrogens with zero attached hydrogens (tertiary/aromatic N) is 3. The third-order valence-electron chi connectivity index (χ3n) is 5.24. The lowest BCUT2D eigenvalue weighted by Crippen LogP contribution is -2.59. The molecule has 1 aromatic heterocycles. The van der Waals surface area contributed by atoms with Crippen LogP contribution in [0.4, 0.5) is 36.7 Å². The number of nitrogens with two attached hydrogens (primary N) is 1. The van der Waals surface area contributed by atoms with Gasteiger partial charge in [-0.25, -0.2) is 4.39 Å². The maximum Gasteiger partial charge on any atom is 0.431 e. The molecule has 5 nitrogen and oxygen atoms in total. The van der Waals surface area contributed by atoms with E-state index in [9.17, 15) is 30.7 Å². The SMILES string of the molecule is C=C(C)/C(C)=C(/N[C@H]1CC[C@@H](C(F)(C(F)(F)F)C(F)(F)F)CC1)n1ncnc1N. The molecule has 0 saturated heterocycles. The fourth-order valence-corrected chi connectivity index (χ4v) is 3.41. The average Bonchev–Trinajstić information content (AvgIpc) is 3.02. The summed E-state index contributed by atoms with van der Waals surface area (Å²) < 4.78 is 93.3. The van der Waals surface area contributed by atoms with E-state index < -0.39 is 42.8 Å². The molecule has 1 fully saturated rings. The van der Waals surface area contributed by atoms with Gasteiger partial charge in [0.05, 0.1) is 0 Å². The normalized spacial score (nSPS) is 22.2. The Hall–Kier alpha value is -2.27. The molecule has 164 valence electrons. The van der Waals surface area contributed by atoms with Crippen molar-refractivity contribution in [2.24, 2.45) is 5.92 Å². The van der Waals surface area contributed by atoms with Gasteiger partial charge in [-0.2, -0.15) is 41.1 Å². The number of alkyl halides is 7. The Morgan fingerprint density at radius 1 is 1.07 bits per heavy atom. The van der Waals surface area contributed by atoms with E-state index in [4.69, 9.17) is 5.73 Å². The van der Waals surface area contributed by atoms with Gasteiger partial charge >= 0.3 is 18.0 Å². The second-order valence-corrected chi connectivity index (χ2v) is 7.18. The molecule has 2 rings (SSSR count). The molecular weight excluding hydrogens is 407 g/mol. The van der Waals surface area contributed by atoms with Crippen LogP contribution >= 0.6 is 0 Å². The average molecular weight is 429 g/mol. The number of nitrogen functional groups attached to an aromatic ring is 1. The molecule has 0 radical (unpaired) electrons. The summed E-state index contributed by atoms with van der Waals surface area (Å²) in [6.45, 7) is 7.23. The summed E-state index contributed by atoms with van der Waals surface area (Å²) in [6, 6.07) is -0.495. The Bertz CT molecular complexity index is 756. The Labute approximate surface area is 162 Å². The van der Waals surface area contributed by atoms with Crippen molar-refractivity contribution in [1.82, 2.24) is 20.1 Å². The highest BCUT2D eigenvalue weighted by atomic mass is 19.4. The molecule has 12 heteroatoms. The van der Waals surface area contributed by atoms with Crippen LogP contribution in [0.1, 0.15) is 39.5 Å². The van der Waals surface area contributed by atoms with E-state index in [-0.39, 0.29) is 18.8 Å². The summed E-state index contributed by atoms with van der Waals surface area (Å²) in [5, 5.41) is 7.01. The van der Waals surface area contributed by atoms with Gasteiger partial charge in [0.2, 0.25) is 5.95 Å². The van der Waals surface area contributed by atoms with Crippen molar-refractivity contribution in [2.75, 3.05) is 5.73 Å². The van der Waals surface area contributed by atoms with Gasteiger partial charge in [-0.05, 0) is 45.1 Å². The van der Waals surface area contributed by atoms with Crippen molar-refractivity contribution < 1.29 is 30.7 Å². The van der Waals surface area contributed by atoms with Crippen LogP contribution in [0.3, 0.4) is 0 Å². The first-order valence-corrected chi connectivity index (χ1v) is 8.81. The largest absolute Gasteiger partial charge is 0.431 e. The number of hydrogen-bond acceptors (Lipinski definition) is 4. The molecule has 0 aliphatic heterocycles. The van der Waals surface area contributed by atoms with Crippen molar-refractivity contribution in [3.05, 3.63) is 24.1 Å². The van der Waals surface area contributed by atoms with E-state index in [0.717, 1.165) is 0 Å². The van der Waals surface area contributed by atoms with Crippen LogP contribution in [0.15, 0.2) is 24.1 Å². The van der Waals surface area contributed by atoms with Gasteiger partial charge in [-0.1, -0.05) is 12.2 Å². The standard InChI is InChI=1S/C17H22F7N5/c1-9(2)10(3)13(29-14(25)26-8-27-29)28-12-6-4-11(5-7-12)15(18,16(19,20)21)17(22,23)24/h8,11-12,28H,1,4-7H2,2-3H3,(H2,25,26,27)/b13-10-/t11-,12+. The zero-order chi connectivity index (χ0) is 22.2. The predicted octanol–water partition coefficient (Wildman–Crippen LogP) is 4.61. The molecule has 0 aromatic carbocycles. The van der Waals surface area contributed by atoms with Gasteiger partial charge in [0.25, 0.3) is 0 Å². The van der Waals surface area contributed by atoms with Crippen LogP contribution < -0.4 is 11.1 Å². The van der Waals surface area contributed by atoms with E-state index >= 15 is 0 Å². The van der Waals surface area contributed by atoms with Crippen LogP contribution in [0.2, 0.25) is 0 Å². The maximum atomic E-state index is 14.3. The zero-order valence-electron chi connectivity index (χ0n) is 15.8. The van der Waals surface area contributed by atoms with E-state index in [0.29, 0.717) is 17.0 Å². The quantitative estimate of drug-likeness (QED) is 0.530. The topological polar surface area (TPSA) is 68.8 Å². The van der Waals surface area contributed by atoms with E-state index in [1.165, 1.54) is 11.0 Å². The lowest BCUT2D eigenvalue weighted by atomic mass is 9.75. The van der Waals surface area contributed by atoms with Crippen molar-refractivity contribution in [1.29, 1.82) is 0 Å². The van der Waals surface area contributed by atoms with Crippen molar-refractivity contribution in [3.63, 3.8) is 0 Å². The summed E-state index contributed by atoms with van der Waals surface area (Å²) in [5.74, 6) is -1.79. The minimum absolute atomic E-state index is 0.0405. The highest BCUT2D eigenvalue weighted by Crippen LogP contribution is 2.54. The fourth-order valence-electron chi connectivity index (χ4n) is 3.41. The first kappa shape index (κ1) is 23.0. The number of allylic oxidation sites excluding steroid dienone is 2. The number of rotatable bonds is 5. The maximum absolute atomic E-state index is 14.3. The van der Waals surface area contributed by atoms with Crippen LogP contribution in [0.5, 0.6) is 0 Å². The third kappa shape index (κ3) is 4.35. The smallest absolute Gasteiger partial charge is 0.368 e. The van der Waals surface area contributed by atoms with Crippen LogP contribution in [0, 0.1) is 5.92 Å². The first-order valence-electron chi connectivity index (χ1n) is 8.81. The second kappa shape index (κ2) is 7.86. The number of aromatic nitrogens is 3. The molecule has 1 aliphatic rings. The molecule has 1 aliphatic carbocycles. The van der Waals surface area contributed by atoms with Gasteiger partial charge < -0.3 is 11.1 Å². The monoisotopic (exact) mass is 429 g/mol. The fraction of sp³-hybridized carbons (Fsp3) is 0.647. The molecule has 1 heterocycles. The van der Waals surface area contributed by atoms with Crippen molar-refractivity contribution in [2.45, 2.75) is 63.6 Å². The zero-order valence-corrected chi connectivity index (χ0v) is 15.8. The first-order chi connectivity index (χ1) is 13.2. The highest BCUT2D eigenvalue weighted by Gasteiger charge is 2.75. The van der Waals surface area contributed by atoms with Crippen LogP contribution in [0.25, 0.3) is 5.82 Å². The third-order valence-corrected chi connectivity index (χ3v) is 5.24. The summed E-state index contributed by atoms with van der Waals surface area (Å²) in [7, 11) is 0. The molecule has 0 spiro atoms. The van der Waals surface area contributed by atoms with Gasteiger partial charge in [-0.15, -0.1) is 0 Å². The summed E-state index contributed by atoms with van der Waals surface area (Å²) in [5.41, 5.74) is 1.80. The molecule has 0 unspecified atom stereocenters. The highest BCUT2D eigenvalue weighted by molar-refractivity contribution is 5.56. The minimum Gasteiger partial charge on any atom is -0.368 e. The molecule has 0 amide bonds. The molecular formula is C17H22F7N5. The summed E-state index contributed by atoms with van der Waals surface area (Å²) in [6.07, 6.45) is -12.2. The summed E-state index contributed by atoms with van der Waals surface area (Å²) >= 11 is 0. The lowest BCUT2D eigenvalue weighted by Gasteiger charge is -2.40. The van der Waals surface area contributed by atoms with Crippen molar-refractivity contribution in [3.8, 4) is 0 Å². The van der Waals surface area contributed by atoms with E-state index in [1.807, 2.05) is 0 Å². The van der Waals surface area contributed by atoms with Gasteiger partial charge in [0, 0.05) is 12.0 Å². The predicted molar refractivity (Wildman–Crippen MR) is 93.0 cm³/mol. The Balaban J connectivity index is 2.21. The molecule has 1 saturated carbocycles. The van der Waals surface area contributed by atoms with E-state index in [1.54, 1.807) is 13.8 Å². The number of nitrogens with one attached hydrogen (secondary N) is 1. The Morgan fingerprint density at radius 3 is 1.97 bits per heavy atom. The molecule has 0 atom stereocenters. The number of anilines is 1. The van der Waals surface area contributed by atoms with Crippen LogP contribution in [-0.4, -0.2) is 38.8 Å². The molecule has 1 aromatic rings. The van der Waals surface area contributed by atoms with Gasteiger partial charge in [0.15, 0.2) is 0 Å². The van der Waals surface area contributed by atoms with E-state index in [2.05, 4.69) is 22.0 Å². The summed E-state index contributed by atoms with van der Waals surface area (Å²) in [4.78, 5) is 3.80. The Kier molecular flexibility index (Phi) is 6.24. The van der Waals surface area contributed by atoms with Gasteiger partial charge in [0.1, 0.15) is 12.1 Å². The second-order valence-electron chi connectivity index (χ2n) is 7.18.